The van der Waals surface area contributed by atoms with Crippen LogP contribution in [0.5, 0.6) is 0 Å². The molecule has 1 aromatic carbocycles. The van der Waals surface area contributed by atoms with Crippen LogP contribution in [-0.4, -0.2) is 25.0 Å². The molecule has 0 spiro atoms. The minimum Gasteiger partial charge on any atom is -0.449 e. The SMILES string of the molecule is Cc1c(C(=O)NC2CCNCC2C)oc2c(Cl)cccc12.Cl. The van der Waals surface area contributed by atoms with Gasteiger partial charge in [-0.2, -0.15) is 0 Å². The van der Waals surface area contributed by atoms with Crippen molar-refractivity contribution in [1.29, 1.82) is 0 Å². The monoisotopic (exact) mass is 342 g/mol. The standard InChI is InChI=1S/C16H19ClN2O2.ClH/c1-9-8-18-7-6-13(9)19-16(20)14-10(2)11-4-3-5-12(17)15(11)21-14;/h3-5,9,13,18H,6-8H2,1-2H3,(H,19,20);1H. The number of halogens is 2. The lowest BCUT2D eigenvalue weighted by Crippen LogP contribution is -2.48. The van der Waals surface area contributed by atoms with Crippen LogP contribution in [0.15, 0.2) is 22.6 Å². The third kappa shape index (κ3) is 3.09. The van der Waals surface area contributed by atoms with E-state index < -0.39 is 0 Å². The molecule has 2 aromatic rings. The largest absolute Gasteiger partial charge is 0.449 e. The fraction of sp³-hybridized carbons (Fsp3) is 0.438. The van der Waals surface area contributed by atoms with Crippen molar-refractivity contribution >= 4 is 40.9 Å². The van der Waals surface area contributed by atoms with E-state index in [0.29, 0.717) is 22.3 Å². The van der Waals surface area contributed by atoms with Gasteiger partial charge in [0, 0.05) is 17.0 Å². The molecule has 6 heteroatoms. The van der Waals surface area contributed by atoms with E-state index >= 15 is 0 Å². The van der Waals surface area contributed by atoms with Crippen LogP contribution >= 0.6 is 24.0 Å². The van der Waals surface area contributed by atoms with E-state index in [2.05, 4.69) is 17.6 Å². The number of hydrogen-bond donors (Lipinski definition) is 2. The lowest BCUT2D eigenvalue weighted by molar-refractivity contribution is 0.0887. The smallest absolute Gasteiger partial charge is 0.287 e. The van der Waals surface area contributed by atoms with Gasteiger partial charge in [-0.25, -0.2) is 0 Å². The predicted octanol–water partition coefficient (Wildman–Crippen LogP) is 3.54. The number of rotatable bonds is 2. The number of piperidine rings is 1. The van der Waals surface area contributed by atoms with Crippen molar-refractivity contribution in [3.63, 3.8) is 0 Å². The summed E-state index contributed by atoms with van der Waals surface area (Å²) in [7, 11) is 0. The summed E-state index contributed by atoms with van der Waals surface area (Å²) in [6, 6.07) is 5.73. The highest BCUT2D eigenvalue weighted by molar-refractivity contribution is 6.35. The van der Waals surface area contributed by atoms with Crippen LogP contribution in [0.25, 0.3) is 11.0 Å². The number of benzene rings is 1. The molecule has 22 heavy (non-hydrogen) atoms. The second-order valence-electron chi connectivity index (χ2n) is 5.72. The van der Waals surface area contributed by atoms with Crippen molar-refractivity contribution in [1.82, 2.24) is 10.6 Å². The molecule has 0 bridgehead atoms. The summed E-state index contributed by atoms with van der Waals surface area (Å²) in [5.74, 6) is 0.623. The summed E-state index contributed by atoms with van der Waals surface area (Å²) in [5, 5.41) is 7.84. The van der Waals surface area contributed by atoms with Crippen molar-refractivity contribution in [2.24, 2.45) is 5.92 Å². The average Bonchev–Trinajstić information content (AvgIpc) is 2.81. The number of carbonyl (C=O) groups excluding carboxylic acids is 1. The quantitative estimate of drug-likeness (QED) is 0.877. The molecule has 4 nitrogen and oxygen atoms in total. The van der Waals surface area contributed by atoms with E-state index in [-0.39, 0.29) is 24.4 Å². The number of furan rings is 1. The Bertz CT molecular complexity index is 684. The molecule has 3 rings (SSSR count). The Kier molecular flexibility index (Phi) is 5.37. The molecule has 0 saturated carbocycles. The van der Waals surface area contributed by atoms with Gasteiger partial charge in [0.15, 0.2) is 11.3 Å². The van der Waals surface area contributed by atoms with Gasteiger partial charge < -0.3 is 15.1 Å². The van der Waals surface area contributed by atoms with Gasteiger partial charge in [0.1, 0.15) is 0 Å². The van der Waals surface area contributed by atoms with Crippen LogP contribution in [-0.2, 0) is 0 Å². The molecule has 2 heterocycles. The number of hydrogen-bond acceptors (Lipinski definition) is 3. The number of carbonyl (C=O) groups is 1. The Hall–Kier alpha value is -1.23. The average molecular weight is 343 g/mol. The molecule has 1 aromatic heterocycles. The molecule has 2 N–H and O–H groups in total. The summed E-state index contributed by atoms with van der Waals surface area (Å²) in [5.41, 5.74) is 1.42. The van der Waals surface area contributed by atoms with Crippen molar-refractivity contribution in [3.8, 4) is 0 Å². The van der Waals surface area contributed by atoms with Crippen LogP contribution < -0.4 is 10.6 Å². The molecular weight excluding hydrogens is 323 g/mol. The molecule has 1 amide bonds. The fourth-order valence-electron chi connectivity index (χ4n) is 2.89. The van der Waals surface area contributed by atoms with E-state index in [9.17, 15) is 4.79 Å². The van der Waals surface area contributed by atoms with Crippen molar-refractivity contribution < 1.29 is 9.21 Å². The molecule has 1 aliphatic heterocycles. The molecule has 2 atom stereocenters. The van der Waals surface area contributed by atoms with E-state index in [0.717, 1.165) is 30.5 Å². The van der Waals surface area contributed by atoms with Crippen molar-refractivity contribution in [2.45, 2.75) is 26.3 Å². The maximum Gasteiger partial charge on any atom is 0.287 e. The summed E-state index contributed by atoms with van der Waals surface area (Å²) < 4.78 is 5.71. The van der Waals surface area contributed by atoms with E-state index in [1.165, 1.54) is 0 Å². The van der Waals surface area contributed by atoms with E-state index in [4.69, 9.17) is 16.0 Å². The van der Waals surface area contributed by atoms with Gasteiger partial charge in [-0.15, -0.1) is 12.4 Å². The summed E-state index contributed by atoms with van der Waals surface area (Å²) >= 11 is 6.13. The number of nitrogens with one attached hydrogen (secondary N) is 2. The van der Waals surface area contributed by atoms with Crippen molar-refractivity contribution in [2.75, 3.05) is 13.1 Å². The first-order chi connectivity index (χ1) is 10.1. The van der Waals surface area contributed by atoms with Gasteiger partial charge in [0.25, 0.3) is 5.91 Å². The van der Waals surface area contributed by atoms with Crippen LogP contribution in [0.3, 0.4) is 0 Å². The molecule has 2 unspecified atom stereocenters. The lowest BCUT2D eigenvalue weighted by Gasteiger charge is -2.29. The lowest BCUT2D eigenvalue weighted by atomic mass is 9.95. The zero-order chi connectivity index (χ0) is 15.0. The van der Waals surface area contributed by atoms with Crippen molar-refractivity contribution in [3.05, 3.63) is 34.5 Å². The number of aryl methyl sites for hydroxylation is 1. The Morgan fingerprint density at radius 1 is 1.45 bits per heavy atom. The van der Waals surface area contributed by atoms with Gasteiger partial charge in [-0.3, -0.25) is 4.79 Å². The van der Waals surface area contributed by atoms with Gasteiger partial charge in [-0.1, -0.05) is 30.7 Å². The number of amides is 1. The van der Waals surface area contributed by atoms with Gasteiger partial charge in [0.05, 0.1) is 5.02 Å². The first-order valence-electron chi connectivity index (χ1n) is 7.27. The Morgan fingerprint density at radius 3 is 2.91 bits per heavy atom. The Morgan fingerprint density at radius 2 is 2.23 bits per heavy atom. The minimum atomic E-state index is -0.154. The van der Waals surface area contributed by atoms with Gasteiger partial charge in [-0.05, 0) is 38.4 Å². The molecule has 1 saturated heterocycles. The highest BCUT2D eigenvalue weighted by Crippen LogP contribution is 2.30. The minimum absolute atomic E-state index is 0. The molecule has 1 aliphatic rings. The molecule has 0 aliphatic carbocycles. The summed E-state index contributed by atoms with van der Waals surface area (Å²) in [6.45, 7) is 5.89. The van der Waals surface area contributed by atoms with Crippen LogP contribution in [0.1, 0.15) is 29.5 Å². The maximum atomic E-state index is 12.5. The zero-order valence-corrected chi connectivity index (χ0v) is 14.2. The molecule has 0 radical (unpaired) electrons. The second-order valence-corrected chi connectivity index (χ2v) is 6.13. The Balaban J connectivity index is 0.00000176. The molecule has 1 fully saturated rings. The van der Waals surface area contributed by atoms with Gasteiger partial charge >= 0.3 is 0 Å². The topological polar surface area (TPSA) is 54.3 Å². The Labute approximate surface area is 141 Å². The molecule has 120 valence electrons. The third-order valence-corrected chi connectivity index (χ3v) is 4.52. The number of fused-ring (bicyclic) bond motifs is 1. The number of para-hydroxylation sites is 1. The first kappa shape index (κ1) is 17.1. The highest BCUT2D eigenvalue weighted by atomic mass is 35.5. The van der Waals surface area contributed by atoms with Crippen LogP contribution in [0.4, 0.5) is 0 Å². The first-order valence-corrected chi connectivity index (χ1v) is 7.65. The fourth-order valence-corrected chi connectivity index (χ4v) is 3.10. The summed E-state index contributed by atoms with van der Waals surface area (Å²) in [6.07, 6.45) is 0.937. The van der Waals surface area contributed by atoms with E-state index in [1.807, 2.05) is 19.1 Å². The highest BCUT2D eigenvalue weighted by Gasteiger charge is 2.26. The predicted molar refractivity (Wildman–Crippen MR) is 91.1 cm³/mol. The summed E-state index contributed by atoms with van der Waals surface area (Å²) in [4.78, 5) is 12.5. The second kappa shape index (κ2) is 6.90. The zero-order valence-electron chi connectivity index (χ0n) is 12.6. The molecular formula is C16H20Cl2N2O2. The van der Waals surface area contributed by atoms with Crippen LogP contribution in [0.2, 0.25) is 5.02 Å². The maximum absolute atomic E-state index is 12.5. The third-order valence-electron chi connectivity index (χ3n) is 4.22. The van der Waals surface area contributed by atoms with E-state index in [1.54, 1.807) is 6.07 Å². The normalized spacial score (nSPS) is 21.4. The van der Waals surface area contributed by atoms with Gasteiger partial charge in [0.2, 0.25) is 0 Å². The van der Waals surface area contributed by atoms with Crippen LogP contribution in [0, 0.1) is 12.8 Å².